The van der Waals surface area contributed by atoms with Crippen molar-refractivity contribution in [2.75, 3.05) is 19.0 Å². The molecule has 5 rings (SSSR count). The van der Waals surface area contributed by atoms with Crippen molar-refractivity contribution >= 4 is 23.0 Å². The Labute approximate surface area is 196 Å². The molecule has 1 saturated heterocycles. The first-order valence-electron chi connectivity index (χ1n) is 11.6. The summed E-state index contributed by atoms with van der Waals surface area (Å²) < 4.78 is 2.31. The SMILES string of the molecule is CN(C)c1ccc(-n2cccc2[C@H]2[C@@H](c3ccccn3)NC(=S)N2C2CCCCC2)cc1. The van der Waals surface area contributed by atoms with Crippen LogP contribution in [-0.4, -0.2) is 39.7 Å². The molecule has 166 valence electrons. The van der Waals surface area contributed by atoms with Crippen molar-refractivity contribution in [1.82, 2.24) is 19.8 Å². The van der Waals surface area contributed by atoms with Gasteiger partial charge < -0.3 is 19.7 Å². The highest BCUT2D eigenvalue weighted by molar-refractivity contribution is 7.80. The van der Waals surface area contributed by atoms with Crippen LogP contribution in [0.15, 0.2) is 67.0 Å². The molecule has 2 atom stereocenters. The highest BCUT2D eigenvalue weighted by Crippen LogP contribution is 2.43. The molecule has 0 amide bonds. The summed E-state index contributed by atoms with van der Waals surface area (Å²) in [6, 6.07) is 19.9. The second-order valence-electron chi connectivity index (χ2n) is 9.04. The van der Waals surface area contributed by atoms with E-state index in [0.29, 0.717) is 6.04 Å². The topological polar surface area (TPSA) is 36.3 Å². The zero-order valence-corrected chi connectivity index (χ0v) is 19.6. The highest BCUT2D eigenvalue weighted by atomic mass is 32.1. The molecule has 0 spiro atoms. The minimum absolute atomic E-state index is 0.0281. The van der Waals surface area contributed by atoms with Crippen LogP contribution in [0.5, 0.6) is 0 Å². The summed E-state index contributed by atoms with van der Waals surface area (Å²) in [5.41, 5.74) is 4.64. The normalized spacial score (nSPS) is 21.6. The average Bonchev–Trinajstić information content (AvgIpc) is 3.44. The van der Waals surface area contributed by atoms with E-state index >= 15 is 0 Å². The van der Waals surface area contributed by atoms with Gasteiger partial charge in [0.25, 0.3) is 0 Å². The molecule has 1 aliphatic heterocycles. The molecule has 2 fully saturated rings. The second kappa shape index (κ2) is 8.94. The van der Waals surface area contributed by atoms with Crippen molar-refractivity contribution in [1.29, 1.82) is 0 Å². The molecule has 2 aromatic heterocycles. The first-order chi connectivity index (χ1) is 15.6. The van der Waals surface area contributed by atoms with Gasteiger partial charge in [0.15, 0.2) is 5.11 Å². The lowest BCUT2D eigenvalue weighted by Gasteiger charge is -2.37. The molecule has 0 unspecified atom stereocenters. The first kappa shape index (κ1) is 21.0. The maximum atomic E-state index is 5.93. The van der Waals surface area contributed by atoms with Gasteiger partial charge >= 0.3 is 0 Å². The van der Waals surface area contributed by atoms with Crippen molar-refractivity contribution in [3.05, 3.63) is 78.4 Å². The number of hydrogen-bond acceptors (Lipinski definition) is 3. The summed E-state index contributed by atoms with van der Waals surface area (Å²) in [4.78, 5) is 9.31. The maximum absolute atomic E-state index is 5.93. The molecular formula is C26H31N5S. The summed E-state index contributed by atoms with van der Waals surface area (Å²) in [6.45, 7) is 0. The Morgan fingerprint density at radius 1 is 0.969 bits per heavy atom. The van der Waals surface area contributed by atoms with Gasteiger partial charge in [0.05, 0.1) is 17.8 Å². The third kappa shape index (κ3) is 3.88. The molecule has 2 aliphatic rings. The quantitative estimate of drug-likeness (QED) is 0.543. The van der Waals surface area contributed by atoms with Gasteiger partial charge in [-0.25, -0.2) is 0 Å². The summed E-state index contributed by atoms with van der Waals surface area (Å²) in [5, 5.41) is 4.49. The Balaban J connectivity index is 1.57. The van der Waals surface area contributed by atoms with E-state index in [1.54, 1.807) is 0 Å². The molecule has 3 heterocycles. The third-order valence-corrected chi connectivity index (χ3v) is 7.16. The van der Waals surface area contributed by atoms with Crippen molar-refractivity contribution in [2.24, 2.45) is 0 Å². The van der Waals surface area contributed by atoms with Crippen LogP contribution >= 0.6 is 12.2 Å². The van der Waals surface area contributed by atoms with E-state index in [2.05, 4.69) is 88.5 Å². The van der Waals surface area contributed by atoms with Crippen molar-refractivity contribution < 1.29 is 0 Å². The molecule has 0 bridgehead atoms. The number of nitrogens with zero attached hydrogens (tertiary/aromatic N) is 4. The van der Waals surface area contributed by atoms with Crippen LogP contribution in [0, 0.1) is 0 Å². The Morgan fingerprint density at radius 2 is 1.75 bits per heavy atom. The number of hydrogen-bond donors (Lipinski definition) is 1. The molecule has 1 aliphatic carbocycles. The number of rotatable bonds is 5. The lowest BCUT2D eigenvalue weighted by atomic mass is 9.92. The van der Waals surface area contributed by atoms with Gasteiger partial charge in [0.2, 0.25) is 0 Å². The second-order valence-corrected chi connectivity index (χ2v) is 9.43. The fourth-order valence-electron chi connectivity index (χ4n) is 5.22. The molecule has 32 heavy (non-hydrogen) atoms. The summed E-state index contributed by atoms with van der Waals surface area (Å²) in [7, 11) is 4.14. The monoisotopic (exact) mass is 445 g/mol. The fourth-order valence-corrected chi connectivity index (χ4v) is 5.61. The average molecular weight is 446 g/mol. The Kier molecular flexibility index (Phi) is 5.87. The number of aromatic nitrogens is 2. The van der Waals surface area contributed by atoms with Gasteiger partial charge in [-0.1, -0.05) is 25.3 Å². The number of benzene rings is 1. The van der Waals surface area contributed by atoms with Crippen LogP contribution in [0.1, 0.15) is 55.6 Å². The lowest BCUT2D eigenvalue weighted by Crippen LogP contribution is -2.40. The lowest BCUT2D eigenvalue weighted by molar-refractivity contribution is 0.193. The van der Waals surface area contributed by atoms with Crippen LogP contribution in [0.3, 0.4) is 0 Å². The van der Waals surface area contributed by atoms with Gasteiger partial charge in [-0.05, 0) is 73.6 Å². The van der Waals surface area contributed by atoms with Crippen LogP contribution < -0.4 is 10.2 Å². The van der Waals surface area contributed by atoms with E-state index < -0.39 is 0 Å². The molecular weight excluding hydrogens is 414 g/mol. The van der Waals surface area contributed by atoms with Crippen LogP contribution in [0.25, 0.3) is 5.69 Å². The zero-order valence-electron chi connectivity index (χ0n) is 18.8. The van der Waals surface area contributed by atoms with Crippen molar-refractivity contribution in [3.8, 4) is 5.69 Å². The van der Waals surface area contributed by atoms with Crippen molar-refractivity contribution in [2.45, 2.75) is 50.2 Å². The minimum atomic E-state index is 0.0281. The predicted molar refractivity (Wildman–Crippen MR) is 134 cm³/mol. The number of nitrogens with one attached hydrogen (secondary N) is 1. The first-order valence-corrected chi connectivity index (χ1v) is 12.0. The minimum Gasteiger partial charge on any atom is -0.378 e. The Hall–Kier alpha value is -2.86. The van der Waals surface area contributed by atoms with E-state index in [0.717, 1.165) is 16.5 Å². The largest absolute Gasteiger partial charge is 0.378 e. The van der Waals surface area contributed by atoms with Crippen LogP contribution in [-0.2, 0) is 0 Å². The summed E-state index contributed by atoms with van der Waals surface area (Å²) in [6.07, 6.45) is 10.3. The number of thiocarbonyl (C=S) groups is 1. The summed E-state index contributed by atoms with van der Waals surface area (Å²) in [5.74, 6) is 0. The fraction of sp³-hybridized carbons (Fsp3) is 0.385. The molecule has 1 aromatic carbocycles. The number of anilines is 1. The van der Waals surface area contributed by atoms with Crippen molar-refractivity contribution in [3.63, 3.8) is 0 Å². The summed E-state index contributed by atoms with van der Waals surface area (Å²) >= 11 is 5.93. The van der Waals surface area contributed by atoms with Crippen LogP contribution in [0.2, 0.25) is 0 Å². The third-order valence-electron chi connectivity index (χ3n) is 6.83. The zero-order chi connectivity index (χ0) is 22.1. The van der Waals surface area contributed by atoms with Gasteiger partial charge in [0.1, 0.15) is 0 Å². The molecule has 1 N–H and O–H groups in total. The van der Waals surface area contributed by atoms with E-state index in [4.69, 9.17) is 17.2 Å². The van der Waals surface area contributed by atoms with Gasteiger partial charge in [-0.15, -0.1) is 0 Å². The molecule has 1 saturated carbocycles. The van der Waals surface area contributed by atoms with E-state index in [-0.39, 0.29) is 12.1 Å². The molecule has 0 radical (unpaired) electrons. The van der Waals surface area contributed by atoms with Gasteiger partial charge in [-0.2, -0.15) is 0 Å². The number of pyridine rings is 1. The van der Waals surface area contributed by atoms with E-state index in [1.807, 2.05) is 12.3 Å². The molecule has 5 nitrogen and oxygen atoms in total. The predicted octanol–water partition coefficient (Wildman–Crippen LogP) is 5.24. The van der Waals surface area contributed by atoms with E-state index in [1.165, 1.54) is 43.5 Å². The molecule has 6 heteroatoms. The Bertz CT molecular complexity index is 1050. The highest BCUT2D eigenvalue weighted by Gasteiger charge is 2.44. The smallest absolute Gasteiger partial charge is 0.170 e. The van der Waals surface area contributed by atoms with Gasteiger partial charge in [-0.3, -0.25) is 4.98 Å². The van der Waals surface area contributed by atoms with Crippen LogP contribution in [0.4, 0.5) is 5.69 Å². The van der Waals surface area contributed by atoms with Gasteiger partial charge in [0, 0.05) is 49.6 Å². The maximum Gasteiger partial charge on any atom is 0.170 e. The Morgan fingerprint density at radius 3 is 2.44 bits per heavy atom. The standard InChI is InChI=1S/C26H31N5S/c1-29(2)19-13-15-20(16-14-19)30-18-8-12-23(30)25-24(22-11-6-7-17-27-22)28-26(32)31(25)21-9-4-3-5-10-21/h6-8,11-18,21,24-25H,3-5,9-10H2,1-2H3,(H,28,32)/t24-,25+/m1/s1. The van der Waals surface area contributed by atoms with E-state index in [9.17, 15) is 0 Å². The molecule has 3 aromatic rings.